The van der Waals surface area contributed by atoms with Crippen molar-refractivity contribution in [2.75, 3.05) is 19.4 Å². The summed E-state index contributed by atoms with van der Waals surface area (Å²) in [5.74, 6) is 1.56. The number of aromatic nitrogens is 1. The van der Waals surface area contributed by atoms with Crippen molar-refractivity contribution < 1.29 is 9.53 Å². The molecular formula is C17H18N2O2S. The van der Waals surface area contributed by atoms with Gasteiger partial charge in [0.15, 0.2) is 0 Å². The second kappa shape index (κ2) is 6.83. The molecule has 22 heavy (non-hydrogen) atoms. The highest BCUT2D eigenvalue weighted by Gasteiger charge is 2.32. The molecule has 5 heteroatoms. The first-order valence-electron chi connectivity index (χ1n) is 7.22. The normalized spacial score (nSPS) is 17.8. The first-order chi connectivity index (χ1) is 10.8. The lowest BCUT2D eigenvalue weighted by Crippen LogP contribution is -2.30. The van der Waals surface area contributed by atoms with Gasteiger partial charge in [0.2, 0.25) is 5.91 Å². The Morgan fingerprint density at radius 1 is 1.36 bits per heavy atom. The Morgan fingerprint density at radius 3 is 3.05 bits per heavy atom. The van der Waals surface area contributed by atoms with E-state index in [1.807, 2.05) is 41.4 Å². The van der Waals surface area contributed by atoms with E-state index < -0.39 is 0 Å². The number of ether oxygens (including phenoxy) is 1. The van der Waals surface area contributed by atoms with E-state index >= 15 is 0 Å². The van der Waals surface area contributed by atoms with Crippen molar-refractivity contribution in [2.24, 2.45) is 0 Å². The average Bonchev–Trinajstić information content (AvgIpc) is 2.95. The Morgan fingerprint density at radius 2 is 2.27 bits per heavy atom. The van der Waals surface area contributed by atoms with Crippen molar-refractivity contribution in [1.82, 2.24) is 9.88 Å². The zero-order valence-corrected chi connectivity index (χ0v) is 13.3. The number of amides is 1. The third-order valence-corrected chi connectivity index (χ3v) is 4.97. The van der Waals surface area contributed by atoms with Gasteiger partial charge >= 0.3 is 0 Å². The summed E-state index contributed by atoms with van der Waals surface area (Å²) in [4.78, 5) is 18.3. The molecular weight excluding hydrogens is 296 g/mol. The highest BCUT2D eigenvalue weighted by molar-refractivity contribution is 8.00. The first-order valence-corrected chi connectivity index (χ1v) is 8.27. The summed E-state index contributed by atoms with van der Waals surface area (Å²) in [6.45, 7) is 0.708. The molecule has 1 aliphatic rings. The van der Waals surface area contributed by atoms with Crippen LogP contribution in [0.25, 0.3) is 0 Å². The summed E-state index contributed by atoms with van der Waals surface area (Å²) in [5, 5.41) is 0.0688. The number of nitrogens with zero attached hydrogens (tertiary/aromatic N) is 2. The van der Waals surface area contributed by atoms with Gasteiger partial charge in [0.05, 0.1) is 12.9 Å². The zero-order valence-electron chi connectivity index (χ0n) is 12.4. The van der Waals surface area contributed by atoms with Crippen LogP contribution in [-0.4, -0.2) is 35.2 Å². The maximum Gasteiger partial charge on any atom is 0.233 e. The lowest BCUT2D eigenvalue weighted by Gasteiger charge is -2.24. The minimum absolute atomic E-state index is 0.0688. The lowest BCUT2D eigenvalue weighted by atomic mass is 10.1. The lowest BCUT2D eigenvalue weighted by molar-refractivity contribution is -0.128. The van der Waals surface area contributed by atoms with Crippen LogP contribution < -0.4 is 4.74 Å². The molecule has 1 aliphatic heterocycles. The topological polar surface area (TPSA) is 42.4 Å². The summed E-state index contributed by atoms with van der Waals surface area (Å²) in [6, 6.07) is 11.9. The molecule has 1 atom stereocenters. The quantitative estimate of drug-likeness (QED) is 0.851. The van der Waals surface area contributed by atoms with Gasteiger partial charge in [0.25, 0.3) is 0 Å². The molecule has 0 aliphatic carbocycles. The number of thioether (sulfide) groups is 1. The molecule has 0 saturated carbocycles. The van der Waals surface area contributed by atoms with Crippen LogP contribution in [0.5, 0.6) is 5.75 Å². The number of pyridine rings is 1. The van der Waals surface area contributed by atoms with Gasteiger partial charge in [0.1, 0.15) is 11.1 Å². The first kappa shape index (κ1) is 14.9. The van der Waals surface area contributed by atoms with E-state index in [0.717, 1.165) is 23.3 Å². The van der Waals surface area contributed by atoms with Gasteiger partial charge < -0.3 is 9.64 Å². The SMILES string of the molecule is COc1cccc(C2SCC(=O)N2CCc2cccnc2)c1. The molecule has 3 rings (SSSR count). The summed E-state index contributed by atoms with van der Waals surface area (Å²) in [7, 11) is 1.66. The molecule has 1 unspecified atom stereocenters. The molecule has 0 spiro atoms. The van der Waals surface area contributed by atoms with Crippen LogP contribution in [0, 0.1) is 0 Å². The third kappa shape index (κ3) is 3.25. The van der Waals surface area contributed by atoms with Crippen LogP contribution in [0.3, 0.4) is 0 Å². The molecule has 1 fully saturated rings. The molecule has 1 aromatic carbocycles. The number of rotatable bonds is 5. The van der Waals surface area contributed by atoms with Gasteiger partial charge in [-0.3, -0.25) is 9.78 Å². The van der Waals surface area contributed by atoms with Crippen LogP contribution in [0.15, 0.2) is 48.8 Å². The highest BCUT2D eigenvalue weighted by Crippen LogP contribution is 2.39. The van der Waals surface area contributed by atoms with E-state index in [1.165, 1.54) is 0 Å². The average molecular weight is 314 g/mol. The van der Waals surface area contributed by atoms with E-state index in [1.54, 1.807) is 25.1 Å². The summed E-state index contributed by atoms with van der Waals surface area (Å²) < 4.78 is 5.28. The molecule has 1 amide bonds. The minimum Gasteiger partial charge on any atom is -0.497 e. The fourth-order valence-corrected chi connectivity index (χ4v) is 3.77. The van der Waals surface area contributed by atoms with Crippen LogP contribution in [0.4, 0.5) is 0 Å². The Balaban J connectivity index is 1.74. The molecule has 114 valence electrons. The van der Waals surface area contributed by atoms with Crippen molar-refractivity contribution in [1.29, 1.82) is 0 Å². The van der Waals surface area contributed by atoms with Crippen molar-refractivity contribution >= 4 is 17.7 Å². The number of carbonyl (C=O) groups is 1. The fourth-order valence-electron chi connectivity index (χ4n) is 2.56. The van der Waals surface area contributed by atoms with Crippen molar-refractivity contribution in [2.45, 2.75) is 11.8 Å². The van der Waals surface area contributed by atoms with Crippen LogP contribution in [0.2, 0.25) is 0 Å². The third-order valence-electron chi connectivity index (χ3n) is 3.71. The molecule has 4 nitrogen and oxygen atoms in total. The van der Waals surface area contributed by atoms with Crippen LogP contribution >= 0.6 is 11.8 Å². The van der Waals surface area contributed by atoms with Gasteiger partial charge in [-0.1, -0.05) is 18.2 Å². The van der Waals surface area contributed by atoms with E-state index in [-0.39, 0.29) is 11.3 Å². The Kier molecular flexibility index (Phi) is 4.63. The van der Waals surface area contributed by atoms with E-state index in [9.17, 15) is 4.79 Å². The number of methoxy groups -OCH3 is 1. The van der Waals surface area contributed by atoms with E-state index in [2.05, 4.69) is 11.1 Å². The smallest absolute Gasteiger partial charge is 0.233 e. The Labute approximate surface area is 134 Å². The van der Waals surface area contributed by atoms with Gasteiger partial charge in [-0.25, -0.2) is 0 Å². The standard InChI is InChI=1S/C17H18N2O2S/c1-21-15-6-2-5-14(10-15)17-19(16(20)12-22-17)9-7-13-4-3-8-18-11-13/h2-6,8,10-11,17H,7,9,12H2,1H3. The number of benzene rings is 1. The number of hydrogen-bond acceptors (Lipinski definition) is 4. The monoisotopic (exact) mass is 314 g/mol. The van der Waals surface area contributed by atoms with Gasteiger partial charge in [-0.2, -0.15) is 0 Å². The van der Waals surface area contributed by atoms with Gasteiger partial charge in [-0.05, 0) is 35.7 Å². The van der Waals surface area contributed by atoms with Crippen LogP contribution in [0.1, 0.15) is 16.5 Å². The van der Waals surface area contributed by atoms with Crippen molar-refractivity contribution in [3.8, 4) is 5.75 Å². The van der Waals surface area contributed by atoms with Crippen molar-refractivity contribution in [3.05, 3.63) is 59.9 Å². The largest absolute Gasteiger partial charge is 0.497 e. The predicted octanol–water partition coefficient (Wildman–Crippen LogP) is 2.91. The molecule has 1 aromatic heterocycles. The Bertz CT molecular complexity index is 648. The second-order valence-corrected chi connectivity index (χ2v) is 6.21. The van der Waals surface area contributed by atoms with Crippen molar-refractivity contribution in [3.63, 3.8) is 0 Å². The molecule has 0 N–H and O–H groups in total. The number of carbonyl (C=O) groups excluding carboxylic acids is 1. The second-order valence-electron chi connectivity index (χ2n) is 5.14. The van der Waals surface area contributed by atoms with Gasteiger partial charge in [-0.15, -0.1) is 11.8 Å². The zero-order chi connectivity index (χ0) is 15.4. The van der Waals surface area contributed by atoms with E-state index in [4.69, 9.17) is 4.74 Å². The molecule has 0 radical (unpaired) electrons. The van der Waals surface area contributed by atoms with Gasteiger partial charge in [0, 0.05) is 18.9 Å². The highest BCUT2D eigenvalue weighted by atomic mass is 32.2. The minimum atomic E-state index is 0.0688. The number of hydrogen-bond donors (Lipinski definition) is 0. The molecule has 2 heterocycles. The maximum absolute atomic E-state index is 12.2. The van der Waals surface area contributed by atoms with E-state index in [0.29, 0.717) is 12.3 Å². The summed E-state index contributed by atoms with van der Waals surface area (Å²) >= 11 is 1.67. The Hall–Kier alpha value is -2.01. The van der Waals surface area contributed by atoms with Crippen LogP contribution in [-0.2, 0) is 11.2 Å². The maximum atomic E-state index is 12.2. The molecule has 2 aromatic rings. The summed E-state index contributed by atoms with van der Waals surface area (Å²) in [6.07, 6.45) is 4.44. The fraction of sp³-hybridized carbons (Fsp3) is 0.294. The molecule has 0 bridgehead atoms. The summed E-state index contributed by atoms with van der Waals surface area (Å²) in [5.41, 5.74) is 2.26. The predicted molar refractivity (Wildman–Crippen MR) is 87.8 cm³/mol. The molecule has 1 saturated heterocycles.